The number of hydrogen-bond donors (Lipinski definition) is 2. The molecule has 1 aromatic rings. The first-order chi connectivity index (χ1) is 9.16. The summed E-state index contributed by atoms with van der Waals surface area (Å²) in [5.41, 5.74) is 0.409. The number of carbonyl (C=O) groups is 1. The Kier molecular flexibility index (Phi) is 4.84. The van der Waals surface area contributed by atoms with Gasteiger partial charge in [0.1, 0.15) is 5.82 Å². The van der Waals surface area contributed by atoms with Crippen LogP contribution in [0.1, 0.15) is 15.9 Å². The summed E-state index contributed by atoms with van der Waals surface area (Å²) in [5.74, 6) is -1.48. The topological polar surface area (TPSA) is 67.8 Å². The van der Waals surface area contributed by atoms with Gasteiger partial charge in [0.2, 0.25) is 0 Å². The van der Waals surface area contributed by atoms with Crippen LogP contribution in [-0.4, -0.2) is 43.5 Å². The van der Waals surface area contributed by atoms with Gasteiger partial charge in [0.05, 0.1) is 31.5 Å². The van der Waals surface area contributed by atoms with E-state index in [1.807, 2.05) is 0 Å². The largest absolute Gasteiger partial charge is 0.478 e. The van der Waals surface area contributed by atoms with Crippen molar-refractivity contribution in [1.82, 2.24) is 5.32 Å². The van der Waals surface area contributed by atoms with Crippen LogP contribution in [0.3, 0.4) is 0 Å². The van der Waals surface area contributed by atoms with Gasteiger partial charge < -0.3 is 19.9 Å². The van der Waals surface area contributed by atoms with Crippen LogP contribution in [-0.2, 0) is 16.0 Å². The van der Waals surface area contributed by atoms with E-state index in [1.54, 1.807) is 0 Å². The van der Waals surface area contributed by atoms with E-state index in [1.165, 1.54) is 18.2 Å². The zero-order valence-corrected chi connectivity index (χ0v) is 10.4. The minimum atomic E-state index is -1.06. The third kappa shape index (κ3) is 3.99. The van der Waals surface area contributed by atoms with E-state index >= 15 is 0 Å². The van der Waals surface area contributed by atoms with Crippen LogP contribution in [0, 0.1) is 5.82 Å². The molecule has 1 atom stereocenters. The number of aromatic carboxylic acids is 1. The SMILES string of the molecule is O=C(O)c1ccc(F)c(CNCC2COCCO2)c1. The summed E-state index contributed by atoms with van der Waals surface area (Å²) in [6.07, 6.45) is -0.0422. The molecule has 1 aliphatic rings. The van der Waals surface area contributed by atoms with Gasteiger partial charge in [-0.3, -0.25) is 0 Å². The van der Waals surface area contributed by atoms with Crippen molar-refractivity contribution in [3.05, 3.63) is 35.1 Å². The van der Waals surface area contributed by atoms with E-state index in [4.69, 9.17) is 14.6 Å². The molecule has 6 heteroatoms. The summed E-state index contributed by atoms with van der Waals surface area (Å²) in [4.78, 5) is 10.8. The van der Waals surface area contributed by atoms with Crippen molar-refractivity contribution >= 4 is 5.97 Å². The Hall–Kier alpha value is -1.50. The highest BCUT2D eigenvalue weighted by molar-refractivity contribution is 5.87. The molecule has 1 saturated heterocycles. The average Bonchev–Trinajstić information content (AvgIpc) is 2.42. The fourth-order valence-electron chi connectivity index (χ4n) is 1.87. The first-order valence-electron chi connectivity index (χ1n) is 6.08. The maximum absolute atomic E-state index is 13.5. The molecule has 2 N–H and O–H groups in total. The highest BCUT2D eigenvalue weighted by Gasteiger charge is 2.14. The third-order valence-electron chi connectivity index (χ3n) is 2.87. The molecule has 1 unspecified atom stereocenters. The van der Waals surface area contributed by atoms with E-state index in [9.17, 15) is 9.18 Å². The van der Waals surface area contributed by atoms with Crippen molar-refractivity contribution in [2.24, 2.45) is 0 Å². The number of hydrogen-bond acceptors (Lipinski definition) is 4. The van der Waals surface area contributed by atoms with Crippen LogP contribution in [0.4, 0.5) is 4.39 Å². The van der Waals surface area contributed by atoms with E-state index in [2.05, 4.69) is 5.32 Å². The molecule has 5 nitrogen and oxygen atoms in total. The first kappa shape index (κ1) is 13.9. The number of benzene rings is 1. The fraction of sp³-hybridized carbons (Fsp3) is 0.462. The predicted molar refractivity (Wildman–Crippen MR) is 65.6 cm³/mol. The summed E-state index contributed by atoms with van der Waals surface area (Å²) in [6, 6.07) is 3.75. The Morgan fingerprint density at radius 2 is 2.32 bits per heavy atom. The van der Waals surface area contributed by atoms with Gasteiger partial charge in [0, 0.05) is 18.7 Å². The number of carboxylic acid groups (broad SMARTS) is 1. The number of nitrogens with one attached hydrogen (secondary N) is 1. The third-order valence-corrected chi connectivity index (χ3v) is 2.87. The fourth-order valence-corrected chi connectivity index (χ4v) is 1.87. The maximum atomic E-state index is 13.5. The lowest BCUT2D eigenvalue weighted by Gasteiger charge is -2.23. The van der Waals surface area contributed by atoms with Gasteiger partial charge in [-0.25, -0.2) is 9.18 Å². The van der Waals surface area contributed by atoms with Crippen molar-refractivity contribution in [3.8, 4) is 0 Å². The Morgan fingerprint density at radius 3 is 3.00 bits per heavy atom. The van der Waals surface area contributed by atoms with Gasteiger partial charge in [-0.05, 0) is 18.2 Å². The standard InChI is InChI=1S/C13H16FNO4/c14-12-2-1-9(13(16)17)5-10(12)6-15-7-11-8-18-3-4-19-11/h1-2,5,11,15H,3-4,6-8H2,(H,16,17). The van der Waals surface area contributed by atoms with Crippen molar-refractivity contribution < 1.29 is 23.8 Å². The molecule has 0 saturated carbocycles. The molecule has 0 radical (unpaired) electrons. The van der Waals surface area contributed by atoms with Crippen molar-refractivity contribution in [2.45, 2.75) is 12.6 Å². The molecular weight excluding hydrogens is 253 g/mol. The van der Waals surface area contributed by atoms with Crippen molar-refractivity contribution in [1.29, 1.82) is 0 Å². The van der Waals surface area contributed by atoms with E-state index < -0.39 is 11.8 Å². The molecule has 1 aliphatic heterocycles. The van der Waals surface area contributed by atoms with Crippen LogP contribution in [0.2, 0.25) is 0 Å². The van der Waals surface area contributed by atoms with Crippen molar-refractivity contribution in [2.75, 3.05) is 26.4 Å². The van der Waals surface area contributed by atoms with Crippen LogP contribution < -0.4 is 5.32 Å². The van der Waals surface area contributed by atoms with Crippen LogP contribution in [0.15, 0.2) is 18.2 Å². The Labute approximate surface area is 110 Å². The number of halogens is 1. The lowest BCUT2D eigenvalue weighted by atomic mass is 10.1. The second-order valence-electron chi connectivity index (χ2n) is 4.31. The molecule has 0 amide bonds. The Balaban J connectivity index is 1.87. The molecule has 0 bridgehead atoms. The lowest BCUT2D eigenvalue weighted by molar-refractivity contribution is -0.0864. The molecule has 0 spiro atoms. The monoisotopic (exact) mass is 269 g/mol. The summed E-state index contributed by atoms with van der Waals surface area (Å²) in [5, 5.41) is 11.9. The summed E-state index contributed by atoms with van der Waals surface area (Å²) in [7, 11) is 0. The van der Waals surface area contributed by atoms with E-state index in [0.717, 1.165) is 0 Å². The number of rotatable bonds is 5. The quantitative estimate of drug-likeness (QED) is 0.835. The van der Waals surface area contributed by atoms with Gasteiger partial charge >= 0.3 is 5.97 Å². The van der Waals surface area contributed by atoms with Gasteiger partial charge in [-0.2, -0.15) is 0 Å². The number of carboxylic acids is 1. The molecule has 2 rings (SSSR count). The highest BCUT2D eigenvalue weighted by Crippen LogP contribution is 2.11. The first-order valence-corrected chi connectivity index (χ1v) is 6.08. The minimum absolute atomic E-state index is 0.0422. The molecule has 104 valence electrons. The summed E-state index contributed by atoms with van der Waals surface area (Å²) in [6.45, 7) is 2.48. The second-order valence-corrected chi connectivity index (χ2v) is 4.31. The van der Waals surface area contributed by atoms with Crippen LogP contribution in [0.5, 0.6) is 0 Å². The normalized spacial score (nSPS) is 19.3. The Bertz CT molecular complexity index is 446. The van der Waals surface area contributed by atoms with Gasteiger partial charge in [0.25, 0.3) is 0 Å². The Morgan fingerprint density at radius 1 is 1.47 bits per heavy atom. The molecule has 1 heterocycles. The van der Waals surface area contributed by atoms with Crippen LogP contribution in [0.25, 0.3) is 0 Å². The van der Waals surface area contributed by atoms with Crippen LogP contribution >= 0.6 is 0 Å². The van der Waals surface area contributed by atoms with Crippen molar-refractivity contribution in [3.63, 3.8) is 0 Å². The highest BCUT2D eigenvalue weighted by atomic mass is 19.1. The smallest absolute Gasteiger partial charge is 0.335 e. The molecule has 1 aromatic carbocycles. The molecule has 0 aliphatic carbocycles. The second kappa shape index (κ2) is 6.60. The van der Waals surface area contributed by atoms with Gasteiger partial charge in [-0.15, -0.1) is 0 Å². The summed E-state index contributed by atoms with van der Waals surface area (Å²) >= 11 is 0. The van der Waals surface area contributed by atoms with Gasteiger partial charge in [0.15, 0.2) is 0 Å². The summed E-state index contributed by atoms with van der Waals surface area (Å²) < 4.78 is 24.2. The molecule has 19 heavy (non-hydrogen) atoms. The number of ether oxygens (including phenoxy) is 2. The maximum Gasteiger partial charge on any atom is 0.335 e. The molecule has 0 aromatic heterocycles. The average molecular weight is 269 g/mol. The predicted octanol–water partition coefficient (Wildman–Crippen LogP) is 1.03. The lowest BCUT2D eigenvalue weighted by Crippen LogP contribution is -2.37. The molecular formula is C13H16FNO4. The van der Waals surface area contributed by atoms with E-state index in [-0.39, 0.29) is 18.2 Å². The minimum Gasteiger partial charge on any atom is -0.478 e. The zero-order valence-electron chi connectivity index (χ0n) is 10.4. The van der Waals surface area contributed by atoms with E-state index in [0.29, 0.717) is 31.9 Å². The molecule has 1 fully saturated rings. The van der Waals surface area contributed by atoms with Gasteiger partial charge in [-0.1, -0.05) is 0 Å². The zero-order chi connectivity index (χ0) is 13.7.